The van der Waals surface area contributed by atoms with E-state index in [0.717, 1.165) is 19.3 Å². The molecule has 2 atom stereocenters. The Kier molecular flexibility index (Phi) is 6.13. The topological polar surface area (TPSA) is 94.7 Å². The zero-order chi connectivity index (χ0) is 15.1. The number of carboxylic acids is 1. The number of methoxy groups -OCH3 is 1. The molecule has 7 nitrogen and oxygen atoms in total. The van der Waals surface area contributed by atoms with E-state index in [1.165, 1.54) is 0 Å². The molecule has 1 heterocycles. The highest BCUT2D eigenvalue weighted by atomic mass is 16.5. The Morgan fingerprint density at radius 2 is 2.14 bits per heavy atom. The lowest BCUT2D eigenvalue weighted by atomic mass is 9.79. The van der Waals surface area contributed by atoms with Crippen LogP contribution in [0.25, 0.3) is 0 Å². The van der Waals surface area contributed by atoms with Gasteiger partial charge in [0.1, 0.15) is 0 Å². The van der Waals surface area contributed by atoms with Crippen LogP contribution in [0.4, 0.5) is 0 Å². The Morgan fingerprint density at radius 3 is 2.90 bits per heavy atom. The van der Waals surface area contributed by atoms with E-state index in [4.69, 9.17) is 14.0 Å². The molecule has 1 saturated carbocycles. The van der Waals surface area contributed by atoms with Gasteiger partial charge in [0.2, 0.25) is 5.89 Å². The fraction of sp³-hybridized carbons (Fsp3) is 0.786. The van der Waals surface area contributed by atoms with E-state index < -0.39 is 11.9 Å². The van der Waals surface area contributed by atoms with Gasteiger partial charge in [-0.3, -0.25) is 4.79 Å². The van der Waals surface area contributed by atoms with Crippen molar-refractivity contribution in [2.75, 3.05) is 26.9 Å². The molecule has 2 unspecified atom stereocenters. The summed E-state index contributed by atoms with van der Waals surface area (Å²) in [5, 5.41) is 13.2. The molecular weight excluding hydrogens is 276 g/mol. The first-order chi connectivity index (χ1) is 10.2. The van der Waals surface area contributed by atoms with Gasteiger partial charge in [-0.05, 0) is 12.8 Å². The largest absolute Gasteiger partial charge is 0.481 e. The molecule has 0 aromatic carbocycles. The normalized spacial score (nSPS) is 22.3. The van der Waals surface area contributed by atoms with Crippen LogP contribution in [0.15, 0.2) is 4.52 Å². The average Bonchev–Trinajstić information content (AvgIpc) is 2.96. The molecular formula is C14H22N2O5. The van der Waals surface area contributed by atoms with Crippen LogP contribution in [0, 0.1) is 5.92 Å². The number of hydrogen-bond acceptors (Lipinski definition) is 6. The van der Waals surface area contributed by atoms with Crippen molar-refractivity contribution < 1.29 is 23.9 Å². The number of ether oxygens (including phenoxy) is 2. The average molecular weight is 298 g/mol. The minimum atomic E-state index is -0.776. The van der Waals surface area contributed by atoms with Gasteiger partial charge in [0.15, 0.2) is 5.82 Å². The molecule has 1 N–H and O–H groups in total. The number of nitrogens with zero attached hydrogens (tertiary/aromatic N) is 2. The standard InChI is InChI=1S/C14H22N2O5/c1-19-8-9-20-7-6-12-15-13(21-16-12)10-4-2-3-5-11(10)14(17)18/h10-11H,2-9H2,1H3,(H,17,18). The van der Waals surface area contributed by atoms with E-state index in [2.05, 4.69) is 10.1 Å². The molecule has 0 aliphatic heterocycles. The summed E-state index contributed by atoms with van der Waals surface area (Å²) in [5.74, 6) is -0.328. The molecule has 0 spiro atoms. The highest BCUT2D eigenvalue weighted by Crippen LogP contribution is 2.37. The molecule has 118 valence electrons. The molecule has 21 heavy (non-hydrogen) atoms. The van der Waals surface area contributed by atoms with Crippen molar-refractivity contribution in [3.63, 3.8) is 0 Å². The summed E-state index contributed by atoms with van der Waals surface area (Å²) in [7, 11) is 1.62. The summed E-state index contributed by atoms with van der Waals surface area (Å²) in [6.45, 7) is 1.58. The molecule has 7 heteroatoms. The summed E-state index contributed by atoms with van der Waals surface area (Å²) in [5.41, 5.74) is 0. The fourth-order valence-corrected chi connectivity index (χ4v) is 2.65. The second-order valence-corrected chi connectivity index (χ2v) is 5.24. The predicted molar refractivity (Wildman–Crippen MR) is 73.0 cm³/mol. The van der Waals surface area contributed by atoms with Gasteiger partial charge < -0.3 is 19.1 Å². The Bertz CT molecular complexity index is 448. The van der Waals surface area contributed by atoms with Crippen LogP contribution in [0.5, 0.6) is 0 Å². The van der Waals surface area contributed by atoms with Crippen LogP contribution in [0.3, 0.4) is 0 Å². The van der Waals surface area contributed by atoms with Crippen LogP contribution in [0.1, 0.15) is 43.3 Å². The number of aliphatic carboxylic acids is 1. The SMILES string of the molecule is COCCOCCc1noc(C2CCCCC2C(=O)O)n1. The minimum Gasteiger partial charge on any atom is -0.481 e. The van der Waals surface area contributed by atoms with E-state index >= 15 is 0 Å². The van der Waals surface area contributed by atoms with Crippen molar-refractivity contribution in [2.24, 2.45) is 5.92 Å². The van der Waals surface area contributed by atoms with Gasteiger partial charge in [-0.15, -0.1) is 0 Å². The molecule has 1 aromatic rings. The maximum Gasteiger partial charge on any atom is 0.307 e. The number of carbonyl (C=O) groups is 1. The maximum absolute atomic E-state index is 11.3. The van der Waals surface area contributed by atoms with Crippen molar-refractivity contribution >= 4 is 5.97 Å². The molecule has 1 aliphatic carbocycles. The lowest BCUT2D eigenvalue weighted by Crippen LogP contribution is -2.25. The van der Waals surface area contributed by atoms with E-state index in [1.807, 2.05) is 0 Å². The van der Waals surface area contributed by atoms with Crippen LogP contribution in [0.2, 0.25) is 0 Å². The highest BCUT2D eigenvalue weighted by Gasteiger charge is 2.35. The molecule has 2 rings (SSSR count). The molecule has 0 bridgehead atoms. The third-order valence-electron chi connectivity index (χ3n) is 3.79. The molecule has 0 radical (unpaired) electrons. The van der Waals surface area contributed by atoms with Gasteiger partial charge in [-0.1, -0.05) is 18.0 Å². The van der Waals surface area contributed by atoms with E-state index in [9.17, 15) is 9.90 Å². The monoisotopic (exact) mass is 298 g/mol. The zero-order valence-electron chi connectivity index (χ0n) is 12.3. The van der Waals surface area contributed by atoms with Crippen LogP contribution in [-0.2, 0) is 20.7 Å². The smallest absolute Gasteiger partial charge is 0.307 e. The van der Waals surface area contributed by atoms with Crippen molar-refractivity contribution in [2.45, 2.75) is 38.0 Å². The van der Waals surface area contributed by atoms with Gasteiger partial charge in [-0.2, -0.15) is 4.98 Å². The second kappa shape index (κ2) is 8.09. The maximum atomic E-state index is 11.3. The van der Waals surface area contributed by atoms with Crippen molar-refractivity contribution in [3.05, 3.63) is 11.7 Å². The minimum absolute atomic E-state index is 0.160. The van der Waals surface area contributed by atoms with Crippen LogP contribution in [-0.4, -0.2) is 48.1 Å². The first-order valence-electron chi connectivity index (χ1n) is 7.34. The summed E-state index contributed by atoms with van der Waals surface area (Å²) < 4.78 is 15.5. The Labute approximate surface area is 123 Å². The molecule has 1 fully saturated rings. The third-order valence-corrected chi connectivity index (χ3v) is 3.79. The molecule has 1 aliphatic rings. The zero-order valence-corrected chi connectivity index (χ0v) is 12.3. The summed E-state index contributed by atoms with van der Waals surface area (Å²) in [6.07, 6.45) is 3.98. The van der Waals surface area contributed by atoms with Crippen LogP contribution < -0.4 is 0 Å². The van der Waals surface area contributed by atoms with Gasteiger partial charge in [0.05, 0.1) is 31.7 Å². The lowest BCUT2D eigenvalue weighted by molar-refractivity contribution is -0.143. The molecule has 0 saturated heterocycles. The van der Waals surface area contributed by atoms with Gasteiger partial charge in [0.25, 0.3) is 0 Å². The van der Waals surface area contributed by atoms with Gasteiger partial charge in [-0.25, -0.2) is 0 Å². The lowest BCUT2D eigenvalue weighted by Gasteiger charge is -2.25. The number of rotatable bonds is 8. The van der Waals surface area contributed by atoms with Gasteiger partial charge in [0, 0.05) is 13.5 Å². The quantitative estimate of drug-likeness (QED) is 0.729. The molecule has 0 amide bonds. The predicted octanol–water partition coefficient (Wildman–Crippen LogP) is 1.63. The second-order valence-electron chi connectivity index (χ2n) is 5.24. The molecule has 1 aromatic heterocycles. The number of carboxylic acid groups (broad SMARTS) is 1. The summed E-state index contributed by atoms with van der Waals surface area (Å²) in [6, 6.07) is 0. The number of hydrogen-bond donors (Lipinski definition) is 1. The van der Waals surface area contributed by atoms with Gasteiger partial charge >= 0.3 is 5.97 Å². The van der Waals surface area contributed by atoms with Crippen molar-refractivity contribution in [1.29, 1.82) is 0 Å². The number of aromatic nitrogens is 2. The van der Waals surface area contributed by atoms with E-state index in [0.29, 0.717) is 44.4 Å². The Hall–Kier alpha value is -1.47. The summed E-state index contributed by atoms with van der Waals surface area (Å²) >= 11 is 0. The van der Waals surface area contributed by atoms with E-state index in [1.54, 1.807) is 7.11 Å². The highest BCUT2D eigenvalue weighted by molar-refractivity contribution is 5.71. The van der Waals surface area contributed by atoms with Crippen molar-refractivity contribution in [1.82, 2.24) is 10.1 Å². The van der Waals surface area contributed by atoms with Crippen LogP contribution >= 0.6 is 0 Å². The van der Waals surface area contributed by atoms with E-state index in [-0.39, 0.29) is 5.92 Å². The fourth-order valence-electron chi connectivity index (χ4n) is 2.65. The first-order valence-corrected chi connectivity index (χ1v) is 7.34. The Balaban J connectivity index is 1.87. The first kappa shape index (κ1) is 15.9. The van der Waals surface area contributed by atoms with Crippen molar-refractivity contribution in [3.8, 4) is 0 Å². The third kappa shape index (κ3) is 4.50. The summed E-state index contributed by atoms with van der Waals surface area (Å²) in [4.78, 5) is 15.6. The Morgan fingerprint density at radius 1 is 1.33 bits per heavy atom.